The first-order valence-electron chi connectivity index (χ1n) is 5.37. The highest BCUT2D eigenvalue weighted by atomic mass is 16.1. The van der Waals surface area contributed by atoms with Gasteiger partial charge in [-0.2, -0.15) is 0 Å². The van der Waals surface area contributed by atoms with Crippen molar-refractivity contribution < 1.29 is 4.79 Å². The molecule has 1 rings (SSSR count). The molecule has 0 aliphatic carbocycles. The minimum atomic E-state index is 0.219. The van der Waals surface area contributed by atoms with Crippen LogP contribution >= 0.6 is 0 Å². The first kappa shape index (κ1) is 10.4. The van der Waals surface area contributed by atoms with Crippen LogP contribution in [0.4, 0.5) is 0 Å². The van der Waals surface area contributed by atoms with Crippen LogP contribution in [0.5, 0.6) is 0 Å². The topological polar surface area (TPSA) is 29.4 Å². The molecule has 0 spiro atoms. The van der Waals surface area contributed by atoms with E-state index in [4.69, 9.17) is 0 Å². The van der Waals surface area contributed by atoms with Gasteiger partial charge in [0.2, 0.25) is 0 Å². The van der Waals surface area contributed by atoms with Crippen molar-refractivity contribution in [2.75, 3.05) is 6.54 Å². The average molecular weight is 181 g/mol. The maximum atomic E-state index is 11.8. The predicted molar refractivity (Wildman–Crippen MR) is 55.2 cm³/mol. The lowest BCUT2D eigenvalue weighted by atomic mass is 9.92. The van der Waals surface area contributed by atoms with E-state index in [1.807, 2.05) is 0 Å². The molecule has 0 aromatic heterocycles. The van der Waals surface area contributed by atoms with Gasteiger partial charge in [-0.05, 0) is 32.1 Å². The Kier molecular flexibility index (Phi) is 4.13. The van der Waals surface area contributed by atoms with Crippen molar-refractivity contribution in [1.29, 1.82) is 0 Å². The minimum absolute atomic E-state index is 0.219. The van der Waals surface area contributed by atoms with Crippen LogP contribution in [-0.2, 0) is 4.79 Å². The van der Waals surface area contributed by atoms with Crippen molar-refractivity contribution in [2.45, 2.75) is 46.0 Å². The molecule has 0 N–H and O–H groups in total. The van der Waals surface area contributed by atoms with Gasteiger partial charge in [-0.15, -0.1) is 0 Å². The Bertz CT molecular complexity index is 204. The van der Waals surface area contributed by atoms with Crippen LogP contribution in [0.25, 0.3) is 0 Å². The smallest absolute Gasteiger partial charge is 0.179 e. The van der Waals surface area contributed by atoms with E-state index in [2.05, 4.69) is 18.8 Å². The largest absolute Gasteiger partial charge is 0.293 e. The summed E-state index contributed by atoms with van der Waals surface area (Å²) in [5.41, 5.74) is 0.861. The Balaban J connectivity index is 2.59. The second-order valence-corrected chi connectivity index (χ2v) is 3.66. The third-order valence-electron chi connectivity index (χ3n) is 2.77. The number of carbonyl (C=O) groups is 1. The van der Waals surface area contributed by atoms with E-state index in [0.717, 1.165) is 44.4 Å². The van der Waals surface area contributed by atoms with Crippen LogP contribution in [0, 0.1) is 5.92 Å². The SMILES string of the molecule is CCC(CC)C(=O)C1=NCCCC1. The molecule has 13 heavy (non-hydrogen) atoms. The standard InChI is InChI=1S/C11H19NO/c1-3-9(4-2)11(13)10-7-5-6-8-12-10/h9H,3-8H2,1-2H3. The summed E-state index contributed by atoms with van der Waals surface area (Å²) < 4.78 is 0. The van der Waals surface area contributed by atoms with Gasteiger partial charge in [0.15, 0.2) is 5.78 Å². The number of hydrogen-bond acceptors (Lipinski definition) is 2. The Labute approximate surface area is 80.4 Å². The van der Waals surface area contributed by atoms with Crippen LogP contribution in [0.15, 0.2) is 4.99 Å². The summed E-state index contributed by atoms with van der Waals surface area (Å²) in [6.07, 6.45) is 5.11. The number of carbonyl (C=O) groups excluding carboxylic acids is 1. The monoisotopic (exact) mass is 181 g/mol. The molecule has 0 aromatic rings. The number of aliphatic imine (C=N–C) groups is 1. The third kappa shape index (κ3) is 2.64. The molecule has 0 fully saturated rings. The predicted octanol–water partition coefficient (Wildman–Crippen LogP) is 2.62. The first-order valence-corrected chi connectivity index (χ1v) is 5.37. The molecule has 1 heterocycles. The summed E-state index contributed by atoms with van der Waals surface area (Å²) in [5, 5.41) is 0. The van der Waals surface area contributed by atoms with Gasteiger partial charge >= 0.3 is 0 Å². The van der Waals surface area contributed by atoms with Gasteiger partial charge in [-0.3, -0.25) is 9.79 Å². The number of nitrogens with zero attached hydrogens (tertiary/aromatic N) is 1. The molecule has 0 bridgehead atoms. The maximum Gasteiger partial charge on any atom is 0.179 e. The lowest BCUT2D eigenvalue weighted by Crippen LogP contribution is -2.25. The van der Waals surface area contributed by atoms with E-state index >= 15 is 0 Å². The van der Waals surface area contributed by atoms with Gasteiger partial charge in [0.1, 0.15) is 0 Å². The summed E-state index contributed by atoms with van der Waals surface area (Å²) in [5.74, 6) is 0.529. The van der Waals surface area contributed by atoms with E-state index in [1.54, 1.807) is 0 Å². The normalized spacial score (nSPS) is 17.3. The van der Waals surface area contributed by atoms with Crippen molar-refractivity contribution in [3.05, 3.63) is 0 Å². The van der Waals surface area contributed by atoms with Crippen LogP contribution in [0.3, 0.4) is 0 Å². The highest BCUT2D eigenvalue weighted by Crippen LogP contribution is 2.15. The van der Waals surface area contributed by atoms with E-state index in [1.165, 1.54) is 0 Å². The van der Waals surface area contributed by atoms with Crippen molar-refractivity contribution in [1.82, 2.24) is 0 Å². The highest BCUT2D eigenvalue weighted by molar-refractivity contribution is 6.40. The van der Waals surface area contributed by atoms with Gasteiger partial charge in [-0.25, -0.2) is 0 Å². The van der Waals surface area contributed by atoms with Gasteiger partial charge in [-0.1, -0.05) is 13.8 Å². The number of hydrogen-bond donors (Lipinski definition) is 0. The van der Waals surface area contributed by atoms with Gasteiger partial charge in [0.05, 0.1) is 5.71 Å². The summed E-state index contributed by atoms with van der Waals surface area (Å²) >= 11 is 0. The fourth-order valence-electron chi connectivity index (χ4n) is 1.79. The first-order chi connectivity index (χ1) is 6.29. The van der Waals surface area contributed by atoms with Crippen LogP contribution in [0.1, 0.15) is 46.0 Å². The summed E-state index contributed by atoms with van der Waals surface area (Å²) in [6, 6.07) is 0. The zero-order valence-corrected chi connectivity index (χ0v) is 8.68. The van der Waals surface area contributed by atoms with Gasteiger partial charge in [0.25, 0.3) is 0 Å². The molecular formula is C11H19NO. The van der Waals surface area contributed by atoms with E-state index < -0.39 is 0 Å². The number of rotatable bonds is 4. The lowest BCUT2D eigenvalue weighted by molar-refractivity contribution is -0.116. The molecule has 0 unspecified atom stereocenters. The summed E-state index contributed by atoms with van der Waals surface area (Å²) in [4.78, 5) is 16.1. The van der Waals surface area contributed by atoms with Crippen molar-refractivity contribution in [2.24, 2.45) is 10.9 Å². The highest BCUT2D eigenvalue weighted by Gasteiger charge is 2.20. The van der Waals surface area contributed by atoms with Gasteiger partial charge in [0, 0.05) is 12.5 Å². The third-order valence-corrected chi connectivity index (χ3v) is 2.77. The molecule has 0 saturated heterocycles. The number of ketones is 1. The zero-order valence-electron chi connectivity index (χ0n) is 8.68. The molecule has 0 atom stereocenters. The summed E-state index contributed by atoms with van der Waals surface area (Å²) in [6.45, 7) is 5.02. The van der Waals surface area contributed by atoms with E-state index in [-0.39, 0.29) is 5.92 Å². The molecule has 74 valence electrons. The van der Waals surface area contributed by atoms with Crippen molar-refractivity contribution >= 4 is 11.5 Å². The molecule has 0 saturated carbocycles. The lowest BCUT2D eigenvalue weighted by Gasteiger charge is -2.15. The van der Waals surface area contributed by atoms with E-state index in [0.29, 0.717) is 5.78 Å². The van der Waals surface area contributed by atoms with Crippen molar-refractivity contribution in [3.63, 3.8) is 0 Å². The fraction of sp³-hybridized carbons (Fsp3) is 0.818. The maximum absolute atomic E-state index is 11.8. The molecule has 0 radical (unpaired) electrons. The van der Waals surface area contributed by atoms with Gasteiger partial charge < -0.3 is 0 Å². The Morgan fingerprint density at radius 1 is 1.38 bits per heavy atom. The van der Waals surface area contributed by atoms with Crippen molar-refractivity contribution in [3.8, 4) is 0 Å². The Hall–Kier alpha value is -0.660. The second kappa shape index (κ2) is 5.15. The number of Topliss-reactive ketones (excluding diaryl/α,β-unsaturated/α-hetero) is 1. The van der Waals surface area contributed by atoms with Crippen LogP contribution < -0.4 is 0 Å². The Morgan fingerprint density at radius 3 is 2.54 bits per heavy atom. The summed E-state index contributed by atoms with van der Waals surface area (Å²) in [7, 11) is 0. The molecule has 1 aliphatic heterocycles. The second-order valence-electron chi connectivity index (χ2n) is 3.66. The molecule has 2 heteroatoms. The Morgan fingerprint density at radius 2 is 2.08 bits per heavy atom. The minimum Gasteiger partial charge on any atom is -0.293 e. The molecule has 0 aromatic carbocycles. The average Bonchev–Trinajstić information content (AvgIpc) is 2.21. The molecule has 1 aliphatic rings. The fourth-order valence-corrected chi connectivity index (χ4v) is 1.79. The molecular weight excluding hydrogens is 162 g/mol. The molecule has 2 nitrogen and oxygen atoms in total. The van der Waals surface area contributed by atoms with E-state index in [9.17, 15) is 4.79 Å². The van der Waals surface area contributed by atoms with Crippen LogP contribution in [-0.4, -0.2) is 18.0 Å². The van der Waals surface area contributed by atoms with Crippen LogP contribution in [0.2, 0.25) is 0 Å². The molecule has 0 amide bonds. The quantitative estimate of drug-likeness (QED) is 0.655. The zero-order chi connectivity index (χ0) is 9.68.